The number of alkyl halides is 3. The lowest BCUT2D eigenvalue weighted by molar-refractivity contribution is -0.153. The predicted octanol–water partition coefficient (Wildman–Crippen LogP) is 4.22. The molecule has 47 heavy (non-hydrogen) atoms. The highest BCUT2D eigenvalue weighted by Crippen LogP contribution is 2.43. The summed E-state index contributed by atoms with van der Waals surface area (Å²) in [6, 6.07) is 23.0. The van der Waals surface area contributed by atoms with E-state index in [0.29, 0.717) is 17.7 Å². The van der Waals surface area contributed by atoms with E-state index >= 15 is 0 Å². The summed E-state index contributed by atoms with van der Waals surface area (Å²) < 4.78 is 39.1. The summed E-state index contributed by atoms with van der Waals surface area (Å²) in [5, 5.41) is 28.5. The van der Waals surface area contributed by atoms with E-state index < -0.39 is 36.6 Å². The van der Waals surface area contributed by atoms with Crippen LogP contribution < -0.4 is 11.5 Å². The second-order valence-electron chi connectivity index (χ2n) is 11.7. The maximum absolute atomic E-state index is 13.0. The molecule has 6 atom stereocenters. The number of nitrogens with two attached hydrogens (primary N) is 2. The average molecular weight is 649 g/mol. The van der Waals surface area contributed by atoms with Gasteiger partial charge in [-0.1, -0.05) is 72.8 Å². The van der Waals surface area contributed by atoms with Gasteiger partial charge in [-0.3, -0.25) is 14.6 Å². The molecule has 7 rings (SSSR count). The van der Waals surface area contributed by atoms with Crippen LogP contribution >= 0.6 is 0 Å². The van der Waals surface area contributed by atoms with E-state index in [-0.39, 0.29) is 41.0 Å². The monoisotopic (exact) mass is 648 g/mol. The highest BCUT2D eigenvalue weighted by atomic mass is 19.4. The van der Waals surface area contributed by atoms with Crippen molar-refractivity contribution in [2.45, 2.75) is 55.3 Å². The third kappa shape index (κ3) is 7.36. The van der Waals surface area contributed by atoms with Gasteiger partial charge < -0.3 is 31.7 Å². The van der Waals surface area contributed by atoms with Gasteiger partial charge in [0.2, 0.25) is 0 Å². The first-order valence-corrected chi connectivity index (χ1v) is 15.0. The molecular weight excluding hydrogens is 613 g/mol. The Morgan fingerprint density at radius 2 is 1.32 bits per heavy atom. The highest BCUT2D eigenvalue weighted by Gasteiger charge is 2.47. The number of fused-ring (bicyclic) bond motifs is 3. The lowest BCUT2D eigenvalue weighted by Gasteiger charge is -2.40. The second-order valence-corrected chi connectivity index (χ2v) is 11.7. The number of carboxylic acid groups (broad SMARTS) is 1. The molecule has 1 amide bonds. The number of carbonyl (C=O) groups is 2. The van der Waals surface area contributed by atoms with Crippen molar-refractivity contribution < 1.29 is 38.1 Å². The minimum Gasteiger partial charge on any atom is -0.481 e. The normalized spacial score (nSPS) is 24.1. The van der Waals surface area contributed by atoms with Gasteiger partial charge in [0.05, 0.1) is 30.3 Å². The third-order valence-corrected chi connectivity index (χ3v) is 8.60. The third-order valence-electron chi connectivity index (χ3n) is 8.60. The molecule has 0 saturated heterocycles. The number of amides is 1. The molecule has 1 aliphatic heterocycles. The zero-order chi connectivity index (χ0) is 33.9. The molecule has 0 spiro atoms. The van der Waals surface area contributed by atoms with Gasteiger partial charge in [-0.25, -0.2) is 0 Å². The molecule has 3 aliphatic rings. The van der Waals surface area contributed by atoms with Gasteiger partial charge in [0, 0.05) is 30.8 Å². The maximum atomic E-state index is 13.0. The van der Waals surface area contributed by atoms with Crippen molar-refractivity contribution in [2.24, 2.45) is 11.5 Å². The number of aliphatic hydroxyl groups excluding tert-OH is 2. The molecule has 246 valence electrons. The Labute approximate surface area is 269 Å². The van der Waals surface area contributed by atoms with Crippen LogP contribution in [-0.4, -0.2) is 62.0 Å². The predicted molar refractivity (Wildman–Crippen MR) is 167 cm³/mol. The highest BCUT2D eigenvalue weighted by molar-refractivity contribution is 6.00. The first-order chi connectivity index (χ1) is 22.4. The molecule has 9 nitrogen and oxygen atoms in total. The number of carboxylic acids is 1. The lowest BCUT2D eigenvalue weighted by atomic mass is 9.80. The van der Waals surface area contributed by atoms with E-state index in [0.717, 1.165) is 11.1 Å². The van der Waals surface area contributed by atoms with Crippen molar-refractivity contribution in [2.75, 3.05) is 6.54 Å². The molecule has 2 heterocycles. The fourth-order valence-corrected chi connectivity index (χ4v) is 6.36. The molecular formula is C35H35F3N4O5. The molecule has 3 aromatic carbocycles. The summed E-state index contributed by atoms with van der Waals surface area (Å²) in [5.41, 5.74) is 16.5. The van der Waals surface area contributed by atoms with Crippen molar-refractivity contribution >= 4 is 11.9 Å². The van der Waals surface area contributed by atoms with E-state index in [1.807, 2.05) is 48.5 Å². The Balaban J connectivity index is 0.000000161. The number of carbonyl (C=O) groups excluding carboxylic acids is 1. The number of aromatic nitrogens is 1. The first kappa shape index (κ1) is 33.7. The molecule has 0 fully saturated rings. The topological polar surface area (TPSA) is 163 Å². The number of aliphatic hydroxyl groups is 2. The van der Waals surface area contributed by atoms with Crippen LogP contribution in [-0.2, 0) is 17.6 Å². The van der Waals surface area contributed by atoms with Gasteiger partial charge in [0.1, 0.15) is 12.5 Å². The number of benzene rings is 3. The van der Waals surface area contributed by atoms with Crippen LogP contribution in [0.5, 0.6) is 0 Å². The fourth-order valence-electron chi connectivity index (χ4n) is 6.36. The minimum absolute atomic E-state index is 0.0284. The summed E-state index contributed by atoms with van der Waals surface area (Å²) >= 11 is 0. The molecule has 2 aliphatic carbocycles. The van der Waals surface area contributed by atoms with Crippen molar-refractivity contribution in [1.82, 2.24) is 9.88 Å². The van der Waals surface area contributed by atoms with Crippen LogP contribution in [0.2, 0.25) is 0 Å². The quantitative estimate of drug-likeness (QED) is 0.221. The summed E-state index contributed by atoms with van der Waals surface area (Å²) in [4.78, 5) is 29.0. The summed E-state index contributed by atoms with van der Waals surface area (Å²) in [5.74, 6) is -3.47. The molecule has 4 aromatic rings. The molecule has 7 N–H and O–H groups in total. The van der Waals surface area contributed by atoms with Gasteiger partial charge in [0.25, 0.3) is 5.91 Å². The number of rotatable bonds is 3. The van der Waals surface area contributed by atoms with Crippen molar-refractivity contribution in [3.63, 3.8) is 0 Å². The van der Waals surface area contributed by atoms with Crippen LogP contribution in [0, 0.1) is 0 Å². The molecule has 1 aromatic heterocycles. The Morgan fingerprint density at radius 1 is 0.809 bits per heavy atom. The first-order valence-electron chi connectivity index (χ1n) is 15.0. The van der Waals surface area contributed by atoms with E-state index in [2.05, 4.69) is 4.98 Å². The van der Waals surface area contributed by atoms with Gasteiger partial charge in [0.15, 0.2) is 0 Å². The average Bonchev–Trinajstić information content (AvgIpc) is 3.51. The molecule has 6 unspecified atom stereocenters. The lowest BCUT2D eigenvalue weighted by Crippen LogP contribution is -2.48. The van der Waals surface area contributed by atoms with Crippen molar-refractivity contribution in [1.29, 1.82) is 0 Å². The van der Waals surface area contributed by atoms with E-state index in [4.69, 9.17) is 11.5 Å². The van der Waals surface area contributed by atoms with Crippen molar-refractivity contribution in [3.05, 3.63) is 136 Å². The summed E-state index contributed by atoms with van der Waals surface area (Å²) in [6.07, 6.45) is -1.31. The number of nitrogens with zero attached hydrogens (tertiary/aromatic N) is 2. The van der Waals surface area contributed by atoms with Crippen molar-refractivity contribution in [3.8, 4) is 0 Å². The Bertz CT molecular complexity index is 1660. The Hall–Kier alpha value is -4.62. The van der Waals surface area contributed by atoms with Crippen LogP contribution in [0.25, 0.3) is 0 Å². The number of aliphatic carboxylic acids is 1. The number of halogens is 3. The van der Waals surface area contributed by atoms with Gasteiger partial charge in [-0.2, -0.15) is 13.2 Å². The zero-order valence-electron chi connectivity index (χ0n) is 25.2. The molecule has 0 saturated carbocycles. The van der Waals surface area contributed by atoms with Gasteiger partial charge in [-0.05, 0) is 45.5 Å². The van der Waals surface area contributed by atoms with Crippen LogP contribution in [0.3, 0.4) is 0 Å². The second kappa shape index (κ2) is 14.0. The smallest absolute Gasteiger partial charge is 0.406 e. The number of pyridine rings is 1. The molecule has 0 bridgehead atoms. The molecule has 0 radical (unpaired) electrons. The van der Waals surface area contributed by atoms with Crippen LogP contribution in [0.1, 0.15) is 67.8 Å². The fraction of sp³-hybridized carbons (Fsp3) is 0.286. The van der Waals surface area contributed by atoms with E-state index in [9.17, 15) is 38.1 Å². The largest absolute Gasteiger partial charge is 0.481 e. The van der Waals surface area contributed by atoms with Crippen LogP contribution in [0.15, 0.2) is 97.3 Å². The Morgan fingerprint density at radius 3 is 1.79 bits per heavy atom. The minimum atomic E-state index is -4.66. The Kier molecular flexibility index (Phi) is 10.1. The SMILES string of the molecule is NC1c2ccccc2CC1O.NC1c2ccccc2CC1O.O=C(O)C1c2ccccc2C(=O)N(CC(F)(F)F)C1c1cccnc1. The summed E-state index contributed by atoms with van der Waals surface area (Å²) in [7, 11) is 0. The van der Waals surface area contributed by atoms with Gasteiger partial charge >= 0.3 is 12.1 Å². The van der Waals surface area contributed by atoms with E-state index in [1.54, 1.807) is 6.07 Å². The zero-order valence-corrected chi connectivity index (χ0v) is 25.2. The number of hydrogen-bond acceptors (Lipinski definition) is 7. The molecule has 12 heteroatoms. The maximum Gasteiger partial charge on any atom is 0.406 e. The van der Waals surface area contributed by atoms with Gasteiger partial charge in [-0.15, -0.1) is 0 Å². The van der Waals surface area contributed by atoms with E-state index in [1.165, 1.54) is 53.9 Å². The van der Waals surface area contributed by atoms with Crippen LogP contribution in [0.4, 0.5) is 13.2 Å². The standard InChI is InChI=1S/C17H13F3N2O3.2C9H11NO/c18-17(19,20)9-22-14(10-4-3-7-21-8-10)13(16(24)25)11-5-1-2-6-12(11)15(22)23;2*10-9-7-4-2-1-3-6(7)5-8(9)11/h1-8,13-14H,9H2,(H,24,25);2*1-4,8-9,11H,5,10H2. The number of hydrogen-bond donors (Lipinski definition) is 5. The summed E-state index contributed by atoms with van der Waals surface area (Å²) in [6.45, 7) is -1.54.